The SMILES string of the molecule is Cc1ccc(S(=O)(=O)NCCC(=O)NCc2ccc(CN3CCCCC3)cc2)cc1. The molecule has 0 radical (unpaired) electrons. The van der Waals surface area contributed by atoms with Crippen LogP contribution in [-0.4, -0.2) is 38.9 Å². The Morgan fingerprint density at radius 3 is 2.23 bits per heavy atom. The van der Waals surface area contributed by atoms with E-state index in [2.05, 4.69) is 27.1 Å². The molecule has 7 heteroatoms. The molecule has 0 saturated carbocycles. The number of carbonyl (C=O) groups excluding carboxylic acids is 1. The number of hydrogen-bond acceptors (Lipinski definition) is 4. The van der Waals surface area contributed by atoms with Crippen molar-refractivity contribution < 1.29 is 13.2 Å². The first-order chi connectivity index (χ1) is 14.4. The molecule has 6 nitrogen and oxygen atoms in total. The van der Waals surface area contributed by atoms with Gasteiger partial charge in [0, 0.05) is 26.1 Å². The van der Waals surface area contributed by atoms with Crippen LogP contribution < -0.4 is 10.0 Å². The highest BCUT2D eigenvalue weighted by Crippen LogP contribution is 2.14. The zero-order valence-corrected chi connectivity index (χ0v) is 18.4. The Balaban J connectivity index is 1.38. The topological polar surface area (TPSA) is 78.5 Å². The van der Waals surface area contributed by atoms with Crippen LogP contribution in [0.2, 0.25) is 0 Å². The molecule has 1 heterocycles. The number of hydrogen-bond donors (Lipinski definition) is 2. The summed E-state index contributed by atoms with van der Waals surface area (Å²) in [4.78, 5) is 14.8. The molecular weight excluding hydrogens is 398 g/mol. The molecule has 0 atom stereocenters. The lowest BCUT2D eigenvalue weighted by Gasteiger charge is -2.26. The summed E-state index contributed by atoms with van der Waals surface area (Å²) in [5.74, 6) is -0.181. The lowest BCUT2D eigenvalue weighted by molar-refractivity contribution is -0.121. The maximum absolute atomic E-state index is 12.2. The predicted octanol–water partition coefficient (Wildman–Crippen LogP) is 2.97. The lowest BCUT2D eigenvalue weighted by atomic mass is 10.1. The number of benzene rings is 2. The molecule has 0 aliphatic carbocycles. The second kappa shape index (κ2) is 10.7. The summed E-state index contributed by atoms with van der Waals surface area (Å²) in [7, 11) is -3.59. The van der Waals surface area contributed by atoms with E-state index in [0.29, 0.717) is 6.54 Å². The van der Waals surface area contributed by atoms with Crippen LogP contribution in [0.3, 0.4) is 0 Å². The van der Waals surface area contributed by atoms with Crippen molar-refractivity contribution in [3.05, 3.63) is 65.2 Å². The van der Waals surface area contributed by atoms with Crippen molar-refractivity contribution in [2.24, 2.45) is 0 Å². The molecular formula is C23H31N3O3S. The van der Waals surface area contributed by atoms with E-state index >= 15 is 0 Å². The minimum atomic E-state index is -3.59. The molecule has 30 heavy (non-hydrogen) atoms. The minimum absolute atomic E-state index is 0.0663. The van der Waals surface area contributed by atoms with Crippen molar-refractivity contribution in [2.75, 3.05) is 19.6 Å². The van der Waals surface area contributed by atoms with Gasteiger partial charge in [0.15, 0.2) is 0 Å². The standard InChI is InChI=1S/C23H31N3O3S/c1-19-5-11-22(12-6-19)30(28,29)25-14-13-23(27)24-17-20-7-9-21(10-8-20)18-26-15-3-2-4-16-26/h5-12,25H,2-4,13-18H2,1H3,(H,24,27). The third-order valence-corrected chi connectivity index (χ3v) is 6.82. The highest BCUT2D eigenvalue weighted by molar-refractivity contribution is 7.89. The van der Waals surface area contributed by atoms with E-state index in [1.807, 2.05) is 19.1 Å². The molecule has 1 fully saturated rings. The average Bonchev–Trinajstić information content (AvgIpc) is 2.74. The molecule has 1 aliphatic rings. The Hall–Kier alpha value is -2.22. The van der Waals surface area contributed by atoms with Crippen molar-refractivity contribution in [2.45, 2.75) is 50.6 Å². The van der Waals surface area contributed by atoms with Gasteiger partial charge in [0.05, 0.1) is 4.90 Å². The van der Waals surface area contributed by atoms with Gasteiger partial charge in [-0.05, 0) is 56.1 Å². The van der Waals surface area contributed by atoms with Crippen molar-refractivity contribution >= 4 is 15.9 Å². The third kappa shape index (κ3) is 6.93. The fourth-order valence-electron chi connectivity index (χ4n) is 3.53. The summed E-state index contributed by atoms with van der Waals surface area (Å²) in [5, 5.41) is 2.85. The van der Waals surface area contributed by atoms with Crippen LogP contribution in [0.1, 0.15) is 42.4 Å². The molecule has 3 rings (SSSR count). The van der Waals surface area contributed by atoms with Gasteiger partial charge in [0.25, 0.3) is 0 Å². The Morgan fingerprint density at radius 2 is 1.57 bits per heavy atom. The number of nitrogens with one attached hydrogen (secondary N) is 2. The van der Waals surface area contributed by atoms with Crippen LogP contribution in [0, 0.1) is 6.92 Å². The molecule has 2 N–H and O–H groups in total. The highest BCUT2D eigenvalue weighted by atomic mass is 32.2. The van der Waals surface area contributed by atoms with Crippen molar-refractivity contribution in [1.29, 1.82) is 0 Å². The summed E-state index contributed by atoms with van der Waals surface area (Å²) in [6.45, 7) is 5.73. The summed E-state index contributed by atoms with van der Waals surface area (Å²) in [6, 6.07) is 14.9. The Morgan fingerprint density at radius 1 is 0.933 bits per heavy atom. The number of carbonyl (C=O) groups is 1. The van der Waals surface area contributed by atoms with Crippen LogP contribution >= 0.6 is 0 Å². The zero-order chi connectivity index (χ0) is 21.4. The molecule has 0 aromatic heterocycles. The molecule has 162 valence electrons. The maximum atomic E-state index is 12.2. The van der Waals surface area contributed by atoms with E-state index in [4.69, 9.17) is 0 Å². The normalized spacial score (nSPS) is 15.1. The van der Waals surface area contributed by atoms with Gasteiger partial charge >= 0.3 is 0 Å². The molecule has 0 unspecified atom stereocenters. The van der Waals surface area contributed by atoms with Gasteiger partial charge in [-0.15, -0.1) is 0 Å². The molecule has 1 amide bonds. The molecule has 1 aliphatic heterocycles. The van der Waals surface area contributed by atoms with Crippen LogP contribution in [0.4, 0.5) is 0 Å². The van der Waals surface area contributed by atoms with Gasteiger partial charge in [-0.2, -0.15) is 0 Å². The van der Waals surface area contributed by atoms with Gasteiger partial charge < -0.3 is 5.32 Å². The first kappa shape index (κ1) is 22.5. The van der Waals surface area contributed by atoms with Gasteiger partial charge in [0.2, 0.25) is 15.9 Å². The largest absolute Gasteiger partial charge is 0.352 e. The molecule has 0 bridgehead atoms. The van der Waals surface area contributed by atoms with Crippen molar-refractivity contribution in [1.82, 2.24) is 14.9 Å². The highest BCUT2D eigenvalue weighted by Gasteiger charge is 2.14. The number of amides is 1. The fourth-order valence-corrected chi connectivity index (χ4v) is 4.56. The fraction of sp³-hybridized carbons (Fsp3) is 0.435. The van der Waals surface area contributed by atoms with Gasteiger partial charge in [-0.3, -0.25) is 9.69 Å². The number of sulfonamides is 1. The number of nitrogens with zero attached hydrogens (tertiary/aromatic N) is 1. The maximum Gasteiger partial charge on any atom is 0.240 e. The number of aryl methyl sites for hydroxylation is 1. The van der Waals surface area contributed by atoms with E-state index in [1.54, 1.807) is 24.3 Å². The van der Waals surface area contributed by atoms with Crippen LogP contribution in [0.25, 0.3) is 0 Å². The van der Waals surface area contributed by atoms with E-state index in [1.165, 1.54) is 37.9 Å². The predicted molar refractivity (Wildman–Crippen MR) is 118 cm³/mol. The van der Waals surface area contributed by atoms with Crippen molar-refractivity contribution in [3.8, 4) is 0 Å². The quantitative estimate of drug-likeness (QED) is 0.642. The molecule has 1 saturated heterocycles. The van der Waals surface area contributed by atoms with E-state index in [0.717, 1.165) is 17.7 Å². The Kier molecular flexibility index (Phi) is 8.01. The summed E-state index contributed by atoms with van der Waals surface area (Å²) >= 11 is 0. The van der Waals surface area contributed by atoms with E-state index in [-0.39, 0.29) is 23.8 Å². The number of rotatable bonds is 9. The van der Waals surface area contributed by atoms with E-state index < -0.39 is 10.0 Å². The molecule has 2 aromatic carbocycles. The first-order valence-corrected chi connectivity index (χ1v) is 12.0. The smallest absolute Gasteiger partial charge is 0.240 e. The third-order valence-electron chi connectivity index (χ3n) is 5.34. The minimum Gasteiger partial charge on any atom is -0.352 e. The summed E-state index contributed by atoms with van der Waals surface area (Å²) < 4.78 is 26.9. The Bertz CT molecular complexity index is 919. The second-order valence-corrected chi connectivity index (χ2v) is 9.66. The van der Waals surface area contributed by atoms with Crippen LogP contribution in [-0.2, 0) is 27.9 Å². The zero-order valence-electron chi connectivity index (χ0n) is 17.6. The number of likely N-dealkylation sites (tertiary alicyclic amines) is 1. The molecule has 2 aromatic rings. The van der Waals surface area contributed by atoms with Gasteiger partial charge in [-0.25, -0.2) is 13.1 Å². The van der Waals surface area contributed by atoms with Crippen molar-refractivity contribution in [3.63, 3.8) is 0 Å². The van der Waals surface area contributed by atoms with Gasteiger partial charge in [-0.1, -0.05) is 48.4 Å². The van der Waals surface area contributed by atoms with Crippen LogP contribution in [0.5, 0.6) is 0 Å². The second-order valence-electron chi connectivity index (χ2n) is 7.89. The van der Waals surface area contributed by atoms with Crippen LogP contribution in [0.15, 0.2) is 53.4 Å². The first-order valence-electron chi connectivity index (χ1n) is 10.6. The average molecular weight is 430 g/mol. The summed E-state index contributed by atoms with van der Waals surface area (Å²) in [5.41, 5.74) is 3.32. The lowest BCUT2D eigenvalue weighted by Crippen LogP contribution is -2.30. The summed E-state index contributed by atoms with van der Waals surface area (Å²) in [6.07, 6.45) is 4.00. The van der Waals surface area contributed by atoms with Gasteiger partial charge in [0.1, 0.15) is 0 Å². The monoisotopic (exact) mass is 429 g/mol. The van der Waals surface area contributed by atoms with E-state index in [9.17, 15) is 13.2 Å². The number of piperidine rings is 1. The molecule has 0 spiro atoms. The Labute approximate surface area is 179 Å².